The Hall–Kier alpha value is -2.09. The lowest BCUT2D eigenvalue weighted by Crippen LogP contribution is -2.02. The Morgan fingerprint density at radius 1 is 1.00 bits per heavy atom. The second-order valence-electron chi connectivity index (χ2n) is 4.86. The van der Waals surface area contributed by atoms with Crippen molar-refractivity contribution in [2.24, 2.45) is 0 Å². The van der Waals surface area contributed by atoms with Crippen molar-refractivity contribution in [2.75, 3.05) is 0 Å². The second-order valence-corrected chi connectivity index (χ2v) is 4.86. The van der Waals surface area contributed by atoms with Crippen molar-refractivity contribution in [1.82, 2.24) is 5.16 Å². The van der Waals surface area contributed by atoms with Gasteiger partial charge in [0, 0.05) is 11.3 Å². The van der Waals surface area contributed by atoms with Crippen molar-refractivity contribution in [3.63, 3.8) is 0 Å². The van der Waals surface area contributed by atoms with E-state index in [1.807, 2.05) is 18.2 Å². The van der Waals surface area contributed by atoms with E-state index >= 15 is 0 Å². The number of rotatable bonds is 4. The minimum Gasteiger partial charge on any atom is -0.356 e. The topological polar surface area (TPSA) is 26.0 Å². The zero-order chi connectivity index (χ0) is 13.1. The Bertz CT molecular complexity index is 657. The van der Waals surface area contributed by atoms with Crippen molar-refractivity contribution >= 4 is 11.0 Å². The van der Waals surface area contributed by atoms with Gasteiger partial charge in [-0.15, -0.1) is 0 Å². The van der Waals surface area contributed by atoms with Gasteiger partial charge < -0.3 is 4.52 Å². The Balaban J connectivity index is 1.94. The van der Waals surface area contributed by atoms with E-state index in [9.17, 15) is 0 Å². The summed E-state index contributed by atoms with van der Waals surface area (Å²) in [4.78, 5) is 0. The van der Waals surface area contributed by atoms with Crippen molar-refractivity contribution in [1.29, 1.82) is 0 Å². The molecule has 0 saturated carbocycles. The molecule has 96 valence electrons. The van der Waals surface area contributed by atoms with Crippen LogP contribution in [-0.2, 0) is 6.42 Å². The fraction of sp³-hybridized carbons (Fsp3) is 0.235. The number of fused-ring (bicyclic) bond motifs is 1. The summed E-state index contributed by atoms with van der Waals surface area (Å²) in [5.41, 5.74) is 3.31. The third kappa shape index (κ3) is 2.39. The van der Waals surface area contributed by atoms with Gasteiger partial charge in [-0.3, -0.25) is 0 Å². The van der Waals surface area contributed by atoms with Gasteiger partial charge in [-0.25, -0.2) is 0 Å². The molecule has 1 unspecified atom stereocenters. The van der Waals surface area contributed by atoms with Crippen LogP contribution in [0.2, 0.25) is 0 Å². The van der Waals surface area contributed by atoms with Crippen LogP contribution in [0.4, 0.5) is 0 Å². The Morgan fingerprint density at radius 3 is 2.53 bits per heavy atom. The smallest absolute Gasteiger partial charge is 0.167 e. The molecule has 2 heteroatoms. The maximum atomic E-state index is 5.42. The molecular formula is C17H17NO. The lowest BCUT2D eigenvalue weighted by molar-refractivity contribution is 0.434. The van der Waals surface area contributed by atoms with Crippen molar-refractivity contribution in [3.05, 3.63) is 65.9 Å². The first-order valence-corrected chi connectivity index (χ1v) is 6.76. The van der Waals surface area contributed by atoms with E-state index in [1.54, 1.807) is 0 Å². The zero-order valence-electron chi connectivity index (χ0n) is 11.0. The summed E-state index contributed by atoms with van der Waals surface area (Å²) in [7, 11) is 0. The molecule has 0 amide bonds. The first-order valence-electron chi connectivity index (χ1n) is 6.76. The number of nitrogens with zero attached hydrogens (tertiary/aromatic N) is 1. The number of hydrogen-bond donors (Lipinski definition) is 0. The van der Waals surface area contributed by atoms with Gasteiger partial charge in [0.25, 0.3) is 0 Å². The number of aromatic nitrogens is 1. The summed E-state index contributed by atoms with van der Waals surface area (Å²) >= 11 is 0. The first-order chi connectivity index (χ1) is 9.38. The fourth-order valence-corrected chi connectivity index (χ4v) is 2.53. The molecule has 0 saturated heterocycles. The third-order valence-corrected chi connectivity index (χ3v) is 3.61. The highest BCUT2D eigenvalue weighted by molar-refractivity contribution is 5.79. The van der Waals surface area contributed by atoms with Gasteiger partial charge in [0.2, 0.25) is 0 Å². The van der Waals surface area contributed by atoms with E-state index in [0.717, 1.165) is 29.5 Å². The average molecular weight is 251 g/mol. The minimum absolute atomic E-state index is 0.408. The molecular weight excluding hydrogens is 234 g/mol. The largest absolute Gasteiger partial charge is 0.356 e. The average Bonchev–Trinajstić information content (AvgIpc) is 2.90. The maximum Gasteiger partial charge on any atom is 0.167 e. The van der Waals surface area contributed by atoms with Crippen LogP contribution in [0.5, 0.6) is 0 Å². The Kier molecular flexibility index (Phi) is 3.32. The second kappa shape index (κ2) is 5.27. The van der Waals surface area contributed by atoms with Crippen LogP contribution in [0.25, 0.3) is 11.0 Å². The van der Waals surface area contributed by atoms with Crippen LogP contribution >= 0.6 is 0 Å². The number of hydrogen-bond acceptors (Lipinski definition) is 2. The highest BCUT2D eigenvalue weighted by Crippen LogP contribution is 2.29. The predicted octanol–water partition coefficient (Wildman–Crippen LogP) is 4.56. The van der Waals surface area contributed by atoms with E-state index in [2.05, 4.69) is 48.5 Å². The van der Waals surface area contributed by atoms with Crippen LogP contribution in [0.15, 0.2) is 59.1 Å². The predicted molar refractivity (Wildman–Crippen MR) is 77.2 cm³/mol. The molecule has 1 heterocycles. The number of para-hydroxylation sites is 1. The molecule has 3 rings (SSSR count). The normalized spacial score (nSPS) is 12.7. The van der Waals surface area contributed by atoms with E-state index in [0.29, 0.717) is 5.92 Å². The van der Waals surface area contributed by atoms with E-state index in [4.69, 9.17) is 4.52 Å². The molecule has 1 atom stereocenters. The summed E-state index contributed by atoms with van der Waals surface area (Å²) in [6.07, 6.45) is 2.07. The van der Waals surface area contributed by atoms with Gasteiger partial charge in [-0.2, -0.15) is 0 Å². The van der Waals surface area contributed by atoms with Gasteiger partial charge >= 0.3 is 0 Å². The third-order valence-electron chi connectivity index (χ3n) is 3.61. The molecule has 2 nitrogen and oxygen atoms in total. The molecule has 0 aliphatic heterocycles. The maximum absolute atomic E-state index is 5.42. The monoisotopic (exact) mass is 251 g/mol. The van der Waals surface area contributed by atoms with Crippen LogP contribution in [0, 0.1) is 0 Å². The Labute approximate surface area is 113 Å². The molecule has 0 fully saturated rings. The van der Waals surface area contributed by atoms with Gasteiger partial charge in [-0.05, 0) is 30.5 Å². The molecule has 0 radical (unpaired) electrons. The van der Waals surface area contributed by atoms with Crippen LogP contribution in [0.1, 0.15) is 30.5 Å². The minimum atomic E-state index is 0.408. The highest BCUT2D eigenvalue weighted by atomic mass is 16.5. The highest BCUT2D eigenvalue weighted by Gasteiger charge is 2.17. The molecule has 0 aliphatic rings. The van der Waals surface area contributed by atoms with Crippen molar-refractivity contribution in [2.45, 2.75) is 25.7 Å². The Morgan fingerprint density at radius 2 is 1.74 bits per heavy atom. The molecule has 2 aromatic carbocycles. The standard InChI is InChI=1S/C17H17NO/c1-2-14(12-13-8-4-3-5-9-13)17-15-10-6-7-11-16(15)19-18-17/h3-11,14H,2,12H2,1H3. The van der Waals surface area contributed by atoms with Gasteiger partial charge in [-0.1, -0.05) is 54.5 Å². The molecule has 0 aliphatic carbocycles. The molecule has 3 aromatic rings. The molecule has 1 aromatic heterocycles. The molecule has 0 bridgehead atoms. The van der Waals surface area contributed by atoms with Crippen LogP contribution < -0.4 is 0 Å². The SMILES string of the molecule is CCC(Cc1ccccc1)c1noc2ccccc12. The van der Waals surface area contributed by atoms with Gasteiger partial charge in [0.05, 0.1) is 5.69 Å². The molecule has 19 heavy (non-hydrogen) atoms. The fourth-order valence-electron chi connectivity index (χ4n) is 2.53. The van der Waals surface area contributed by atoms with Gasteiger partial charge in [0.1, 0.15) is 0 Å². The lowest BCUT2D eigenvalue weighted by Gasteiger charge is -2.12. The van der Waals surface area contributed by atoms with E-state index < -0.39 is 0 Å². The summed E-state index contributed by atoms with van der Waals surface area (Å²) < 4.78 is 5.42. The number of benzene rings is 2. The van der Waals surface area contributed by atoms with Gasteiger partial charge in [0.15, 0.2) is 5.58 Å². The molecule has 0 spiro atoms. The lowest BCUT2D eigenvalue weighted by atomic mass is 9.92. The zero-order valence-corrected chi connectivity index (χ0v) is 11.0. The van der Waals surface area contributed by atoms with Crippen molar-refractivity contribution < 1.29 is 4.52 Å². The summed E-state index contributed by atoms with van der Waals surface area (Å²) in [6, 6.07) is 18.7. The summed E-state index contributed by atoms with van der Waals surface area (Å²) in [5.74, 6) is 0.408. The van der Waals surface area contributed by atoms with Crippen LogP contribution in [-0.4, -0.2) is 5.16 Å². The van der Waals surface area contributed by atoms with Crippen LogP contribution in [0.3, 0.4) is 0 Å². The van der Waals surface area contributed by atoms with Crippen molar-refractivity contribution in [3.8, 4) is 0 Å². The first kappa shape index (κ1) is 12.0. The summed E-state index contributed by atoms with van der Waals surface area (Å²) in [6.45, 7) is 2.21. The van der Waals surface area contributed by atoms with E-state index in [-0.39, 0.29) is 0 Å². The quantitative estimate of drug-likeness (QED) is 0.679. The van der Waals surface area contributed by atoms with E-state index in [1.165, 1.54) is 5.56 Å². The molecule has 0 N–H and O–H groups in total. The summed E-state index contributed by atoms with van der Waals surface area (Å²) in [5, 5.41) is 5.43.